The molecule has 0 aliphatic rings. The van der Waals surface area contributed by atoms with E-state index in [1.165, 1.54) is 0 Å². The molecule has 2 rings (SSSR count). The molecule has 0 fully saturated rings. The zero-order valence-electron chi connectivity index (χ0n) is 16.5. The fourth-order valence-corrected chi connectivity index (χ4v) is 2.71. The van der Waals surface area contributed by atoms with Gasteiger partial charge in [-0.2, -0.15) is 0 Å². The number of anilines is 1. The molecule has 148 valence electrons. The number of aryl methyl sites for hydroxylation is 2. The van der Waals surface area contributed by atoms with Gasteiger partial charge in [-0.1, -0.05) is 48.0 Å². The third-order valence-corrected chi connectivity index (χ3v) is 4.25. The van der Waals surface area contributed by atoms with E-state index in [0.717, 1.165) is 22.4 Å². The van der Waals surface area contributed by atoms with Crippen LogP contribution in [-0.2, 0) is 19.1 Å². The summed E-state index contributed by atoms with van der Waals surface area (Å²) in [6, 6.07) is 15.0. The highest BCUT2D eigenvalue weighted by Gasteiger charge is 2.13. The minimum Gasteiger partial charge on any atom is -0.456 e. The van der Waals surface area contributed by atoms with E-state index in [9.17, 15) is 14.4 Å². The van der Waals surface area contributed by atoms with Gasteiger partial charge in [0.15, 0.2) is 6.61 Å². The molecule has 6 heteroatoms. The predicted octanol–water partition coefficient (Wildman–Crippen LogP) is 3.44. The highest BCUT2D eigenvalue weighted by molar-refractivity contribution is 5.93. The lowest BCUT2D eigenvalue weighted by Crippen LogP contribution is -2.31. The van der Waals surface area contributed by atoms with Crippen molar-refractivity contribution in [3.8, 4) is 0 Å². The van der Waals surface area contributed by atoms with Crippen molar-refractivity contribution in [2.24, 2.45) is 0 Å². The van der Waals surface area contributed by atoms with Gasteiger partial charge < -0.3 is 15.4 Å². The summed E-state index contributed by atoms with van der Waals surface area (Å²) in [5.74, 6) is -1.24. The van der Waals surface area contributed by atoms with Gasteiger partial charge in [0.05, 0.1) is 12.5 Å². The van der Waals surface area contributed by atoms with Crippen LogP contribution in [0, 0.1) is 13.8 Å². The van der Waals surface area contributed by atoms with Crippen LogP contribution in [0.5, 0.6) is 0 Å². The van der Waals surface area contributed by atoms with Crippen LogP contribution in [0.4, 0.5) is 5.69 Å². The Labute approximate surface area is 165 Å². The second kappa shape index (κ2) is 10.3. The van der Waals surface area contributed by atoms with E-state index in [2.05, 4.69) is 10.6 Å². The van der Waals surface area contributed by atoms with Crippen LogP contribution in [0.1, 0.15) is 42.5 Å². The normalized spacial score (nSPS) is 11.4. The van der Waals surface area contributed by atoms with Gasteiger partial charge >= 0.3 is 5.97 Å². The van der Waals surface area contributed by atoms with Crippen LogP contribution < -0.4 is 10.6 Å². The SMILES string of the molecule is Cc1ccc(NC(=O)CCC(=O)OCC(=O)N[C@@H](C)c2ccccc2)c(C)c1. The monoisotopic (exact) mass is 382 g/mol. The molecule has 0 aliphatic heterocycles. The number of ether oxygens (including phenoxy) is 1. The largest absolute Gasteiger partial charge is 0.456 e. The number of esters is 1. The number of benzene rings is 2. The molecule has 28 heavy (non-hydrogen) atoms. The van der Waals surface area contributed by atoms with E-state index in [0.29, 0.717) is 0 Å². The molecule has 1 atom stereocenters. The second-order valence-electron chi connectivity index (χ2n) is 6.73. The Kier molecular flexibility index (Phi) is 7.75. The molecule has 0 saturated heterocycles. The molecule has 0 radical (unpaired) electrons. The number of amides is 2. The van der Waals surface area contributed by atoms with Gasteiger partial charge in [-0.3, -0.25) is 14.4 Å². The molecule has 2 amide bonds. The van der Waals surface area contributed by atoms with Crippen LogP contribution in [0.15, 0.2) is 48.5 Å². The molecule has 0 saturated carbocycles. The summed E-state index contributed by atoms with van der Waals surface area (Å²) >= 11 is 0. The highest BCUT2D eigenvalue weighted by Crippen LogP contribution is 2.16. The number of nitrogens with one attached hydrogen (secondary N) is 2. The number of hydrogen-bond donors (Lipinski definition) is 2. The first-order valence-corrected chi connectivity index (χ1v) is 9.22. The Bertz CT molecular complexity index is 834. The standard InChI is InChI=1S/C22H26N2O4/c1-15-9-10-19(16(2)13-15)24-20(25)11-12-22(27)28-14-21(26)23-17(3)18-7-5-4-6-8-18/h4-10,13,17H,11-12,14H2,1-3H3,(H,23,26)(H,24,25)/t17-/m0/s1. The molecule has 2 aromatic rings. The average molecular weight is 382 g/mol. The minimum atomic E-state index is -0.585. The fourth-order valence-electron chi connectivity index (χ4n) is 2.71. The van der Waals surface area contributed by atoms with Crippen LogP contribution >= 0.6 is 0 Å². The van der Waals surface area contributed by atoms with Crippen molar-refractivity contribution in [1.82, 2.24) is 5.32 Å². The highest BCUT2D eigenvalue weighted by atomic mass is 16.5. The third kappa shape index (κ3) is 6.87. The molecule has 0 aliphatic carbocycles. The van der Waals surface area contributed by atoms with Crippen molar-refractivity contribution in [1.29, 1.82) is 0 Å². The van der Waals surface area contributed by atoms with Gasteiger partial charge in [0, 0.05) is 12.1 Å². The third-order valence-electron chi connectivity index (χ3n) is 4.25. The average Bonchev–Trinajstić information content (AvgIpc) is 2.67. The molecule has 6 nitrogen and oxygen atoms in total. The molecular weight excluding hydrogens is 356 g/mol. The van der Waals surface area contributed by atoms with Crippen LogP contribution in [0.2, 0.25) is 0 Å². The Morgan fingerprint density at radius 1 is 0.964 bits per heavy atom. The Balaban J connectivity index is 1.69. The van der Waals surface area contributed by atoms with Gasteiger partial charge in [-0.05, 0) is 38.0 Å². The number of rotatable bonds is 8. The van der Waals surface area contributed by atoms with E-state index in [4.69, 9.17) is 4.74 Å². The molecule has 0 unspecified atom stereocenters. The van der Waals surface area contributed by atoms with Crippen molar-refractivity contribution in [2.75, 3.05) is 11.9 Å². The topological polar surface area (TPSA) is 84.5 Å². The van der Waals surface area contributed by atoms with Gasteiger partial charge in [-0.25, -0.2) is 0 Å². The lowest BCUT2D eigenvalue weighted by molar-refractivity contribution is -0.149. The summed E-state index contributed by atoms with van der Waals surface area (Å²) in [5.41, 5.74) is 3.75. The summed E-state index contributed by atoms with van der Waals surface area (Å²) in [6.45, 7) is 5.37. The summed E-state index contributed by atoms with van der Waals surface area (Å²) in [7, 11) is 0. The maximum Gasteiger partial charge on any atom is 0.306 e. The first kappa shape index (κ1) is 21.2. The molecular formula is C22H26N2O4. The fraction of sp³-hybridized carbons (Fsp3) is 0.318. The van der Waals surface area contributed by atoms with Crippen molar-refractivity contribution in [3.05, 3.63) is 65.2 Å². The van der Waals surface area contributed by atoms with Crippen molar-refractivity contribution in [3.63, 3.8) is 0 Å². The lowest BCUT2D eigenvalue weighted by atomic mass is 10.1. The molecule has 0 heterocycles. The molecule has 0 bridgehead atoms. The zero-order chi connectivity index (χ0) is 20.5. The van der Waals surface area contributed by atoms with Crippen LogP contribution in [0.25, 0.3) is 0 Å². The van der Waals surface area contributed by atoms with Crippen molar-refractivity contribution < 1.29 is 19.1 Å². The maximum absolute atomic E-state index is 12.0. The summed E-state index contributed by atoms with van der Waals surface area (Å²) in [6.07, 6.45) is -0.0908. The predicted molar refractivity (Wildman–Crippen MR) is 108 cm³/mol. The van der Waals surface area contributed by atoms with Gasteiger partial charge in [0.25, 0.3) is 5.91 Å². The van der Waals surface area contributed by atoms with E-state index in [-0.39, 0.29) is 37.3 Å². The van der Waals surface area contributed by atoms with E-state index < -0.39 is 5.97 Å². The van der Waals surface area contributed by atoms with Gasteiger partial charge in [-0.15, -0.1) is 0 Å². The van der Waals surface area contributed by atoms with Crippen molar-refractivity contribution in [2.45, 2.75) is 39.7 Å². The van der Waals surface area contributed by atoms with Gasteiger partial charge in [0.2, 0.25) is 5.91 Å². The van der Waals surface area contributed by atoms with Crippen LogP contribution in [-0.4, -0.2) is 24.4 Å². The van der Waals surface area contributed by atoms with Crippen LogP contribution in [0.3, 0.4) is 0 Å². The molecule has 2 N–H and O–H groups in total. The van der Waals surface area contributed by atoms with E-state index in [1.54, 1.807) is 0 Å². The summed E-state index contributed by atoms with van der Waals surface area (Å²) in [4.78, 5) is 35.7. The molecule has 0 aromatic heterocycles. The minimum absolute atomic E-state index is 0.00577. The number of hydrogen-bond acceptors (Lipinski definition) is 4. The maximum atomic E-state index is 12.0. The second-order valence-corrected chi connectivity index (χ2v) is 6.73. The Hall–Kier alpha value is -3.15. The van der Waals surface area contributed by atoms with Crippen molar-refractivity contribution >= 4 is 23.5 Å². The zero-order valence-corrected chi connectivity index (χ0v) is 16.5. The van der Waals surface area contributed by atoms with Gasteiger partial charge in [0.1, 0.15) is 0 Å². The summed E-state index contributed by atoms with van der Waals surface area (Å²) in [5, 5.41) is 5.54. The lowest BCUT2D eigenvalue weighted by Gasteiger charge is -2.14. The van der Waals surface area contributed by atoms with E-state index in [1.807, 2.05) is 69.3 Å². The smallest absolute Gasteiger partial charge is 0.306 e. The number of carbonyl (C=O) groups excluding carboxylic acids is 3. The quantitative estimate of drug-likeness (QED) is 0.685. The molecule has 2 aromatic carbocycles. The summed E-state index contributed by atoms with van der Waals surface area (Å²) < 4.78 is 4.95. The first-order valence-electron chi connectivity index (χ1n) is 9.22. The molecule has 0 spiro atoms. The first-order chi connectivity index (χ1) is 13.3. The Morgan fingerprint density at radius 2 is 1.68 bits per heavy atom. The Morgan fingerprint density at radius 3 is 2.36 bits per heavy atom. The van der Waals surface area contributed by atoms with E-state index >= 15 is 0 Å². The number of carbonyl (C=O) groups is 3.